The molecule has 1 aliphatic heterocycles. The first-order valence-corrected chi connectivity index (χ1v) is 5.27. The summed E-state index contributed by atoms with van der Waals surface area (Å²) in [4.78, 5) is 15.5. The Bertz CT molecular complexity index is 382. The second-order valence-corrected chi connectivity index (χ2v) is 3.60. The van der Waals surface area contributed by atoms with E-state index in [0.717, 1.165) is 19.4 Å². The van der Waals surface area contributed by atoms with Crippen LogP contribution in [-0.4, -0.2) is 29.1 Å². The SMILES string of the molecule is C=CCNC(=O)c1noc(C2CCCN2)n1. The van der Waals surface area contributed by atoms with Gasteiger partial charge in [0.05, 0.1) is 6.04 Å². The van der Waals surface area contributed by atoms with Gasteiger partial charge >= 0.3 is 0 Å². The maximum absolute atomic E-state index is 11.5. The van der Waals surface area contributed by atoms with Crippen LogP contribution in [0.15, 0.2) is 17.2 Å². The van der Waals surface area contributed by atoms with Crippen LogP contribution in [0.2, 0.25) is 0 Å². The summed E-state index contributed by atoms with van der Waals surface area (Å²) < 4.78 is 5.04. The fraction of sp³-hybridized carbons (Fsp3) is 0.500. The highest BCUT2D eigenvalue weighted by atomic mass is 16.5. The largest absolute Gasteiger partial charge is 0.346 e. The number of aromatic nitrogens is 2. The zero-order valence-corrected chi connectivity index (χ0v) is 8.90. The van der Waals surface area contributed by atoms with E-state index in [1.807, 2.05) is 0 Å². The number of carbonyl (C=O) groups is 1. The number of hydrogen-bond acceptors (Lipinski definition) is 5. The minimum Gasteiger partial charge on any atom is -0.346 e. The molecule has 86 valence electrons. The molecule has 2 heterocycles. The number of nitrogens with one attached hydrogen (secondary N) is 2. The maximum atomic E-state index is 11.5. The summed E-state index contributed by atoms with van der Waals surface area (Å²) >= 11 is 0. The van der Waals surface area contributed by atoms with Gasteiger partial charge in [-0.25, -0.2) is 0 Å². The van der Waals surface area contributed by atoms with E-state index in [0.29, 0.717) is 12.4 Å². The number of carbonyl (C=O) groups excluding carboxylic acids is 1. The fourth-order valence-corrected chi connectivity index (χ4v) is 1.61. The first-order chi connectivity index (χ1) is 7.81. The maximum Gasteiger partial charge on any atom is 0.292 e. The minimum absolute atomic E-state index is 0.0746. The van der Waals surface area contributed by atoms with Gasteiger partial charge < -0.3 is 15.2 Å². The van der Waals surface area contributed by atoms with Gasteiger partial charge in [0.15, 0.2) is 0 Å². The lowest BCUT2D eigenvalue weighted by Crippen LogP contribution is -2.24. The molecule has 1 aromatic rings. The monoisotopic (exact) mass is 222 g/mol. The predicted octanol–water partition coefficient (Wildman–Crippen LogP) is 0.410. The fourth-order valence-electron chi connectivity index (χ4n) is 1.61. The quantitative estimate of drug-likeness (QED) is 0.721. The van der Waals surface area contributed by atoms with Crippen LogP contribution in [0.3, 0.4) is 0 Å². The van der Waals surface area contributed by atoms with E-state index < -0.39 is 0 Å². The molecule has 1 aliphatic rings. The summed E-state index contributed by atoms with van der Waals surface area (Å²) in [6.07, 6.45) is 3.65. The van der Waals surface area contributed by atoms with Crippen LogP contribution in [0.25, 0.3) is 0 Å². The van der Waals surface area contributed by atoms with E-state index in [1.165, 1.54) is 0 Å². The second-order valence-electron chi connectivity index (χ2n) is 3.60. The number of hydrogen-bond donors (Lipinski definition) is 2. The van der Waals surface area contributed by atoms with Gasteiger partial charge in [0, 0.05) is 6.54 Å². The Morgan fingerprint density at radius 1 is 1.75 bits per heavy atom. The smallest absolute Gasteiger partial charge is 0.292 e. The molecule has 0 bridgehead atoms. The van der Waals surface area contributed by atoms with Gasteiger partial charge in [-0.2, -0.15) is 4.98 Å². The minimum atomic E-state index is -0.340. The van der Waals surface area contributed by atoms with E-state index in [2.05, 4.69) is 27.4 Å². The van der Waals surface area contributed by atoms with Crippen molar-refractivity contribution < 1.29 is 9.32 Å². The Balaban J connectivity index is 2.00. The molecule has 16 heavy (non-hydrogen) atoms. The van der Waals surface area contributed by atoms with Gasteiger partial charge in [-0.3, -0.25) is 4.79 Å². The third-order valence-corrected chi connectivity index (χ3v) is 2.41. The standard InChI is InChI=1S/C10H14N4O2/c1-2-5-12-9(15)8-13-10(16-14-8)7-4-3-6-11-7/h2,7,11H,1,3-6H2,(H,12,15). The molecular formula is C10H14N4O2. The molecule has 0 saturated carbocycles. The summed E-state index contributed by atoms with van der Waals surface area (Å²) in [6.45, 7) is 4.85. The van der Waals surface area contributed by atoms with Crippen molar-refractivity contribution in [1.82, 2.24) is 20.8 Å². The molecule has 1 amide bonds. The third-order valence-electron chi connectivity index (χ3n) is 2.41. The van der Waals surface area contributed by atoms with Gasteiger partial charge in [0.1, 0.15) is 0 Å². The molecule has 2 rings (SSSR count). The van der Waals surface area contributed by atoms with E-state index in [4.69, 9.17) is 4.52 Å². The summed E-state index contributed by atoms with van der Waals surface area (Å²) in [7, 11) is 0. The number of rotatable bonds is 4. The van der Waals surface area contributed by atoms with E-state index >= 15 is 0 Å². The van der Waals surface area contributed by atoms with Crippen molar-refractivity contribution in [2.75, 3.05) is 13.1 Å². The molecule has 1 saturated heterocycles. The average molecular weight is 222 g/mol. The molecule has 0 aliphatic carbocycles. The van der Waals surface area contributed by atoms with Crippen molar-refractivity contribution in [2.24, 2.45) is 0 Å². The van der Waals surface area contributed by atoms with Crippen molar-refractivity contribution >= 4 is 5.91 Å². The summed E-state index contributed by atoms with van der Waals surface area (Å²) in [6, 6.07) is 0.0912. The third kappa shape index (κ3) is 2.27. The highest BCUT2D eigenvalue weighted by molar-refractivity contribution is 5.90. The predicted molar refractivity (Wildman–Crippen MR) is 56.8 cm³/mol. The molecule has 1 atom stereocenters. The normalized spacial score (nSPS) is 19.6. The molecule has 6 nitrogen and oxygen atoms in total. The van der Waals surface area contributed by atoms with Crippen LogP contribution in [0.4, 0.5) is 0 Å². The van der Waals surface area contributed by atoms with Crippen LogP contribution < -0.4 is 10.6 Å². The summed E-state index contributed by atoms with van der Waals surface area (Å²) in [5.41, 5.74) is 0. The van der Waals surface area contributed by atoms with Crippen molar-refractivity contribution in [1.29, 1.82) is 0 Å². The first-order valence-electron chi connectivity index (χ1n) is 5.27. The lowest BCUT2D eigenvalue weighted by Gasteiger charge is -2.01. The van der Waals surface area contributed by atoms with E-state index in [-0.39, 0.29) is 17.8 Å². The molecule has 1 aromatic heterocycles. The van der Waals surface area contributed by atoms with Crippen LogP contribution in [0.1, 0.15) is 35.4 Å². The van der Waals surface area contributed by atoms with Crippen molar-refractivity contribution in [3.63, 3.8) is 0 Å². The van der Waals surface area contributed by atoms with Crippen LogP contribution >= 0.6 is 0 Å². The second kappa shape index (κ2) is 4.89. The molecule has 1 unspecified atom stereocenters. The Hall–Kier alpha value is -1.69. The highest BCUT2D eigenvalue weighted by Crippen LogP contribution is 2.20. The van der Waals surface area contributed by atoms with E-state index in [9.17, 15) is 4.79 Å². The lowest BCUT2D eigenvalue weighted by molar-refractivity contribution is 0.0944. The Morgan fingerprint density at radius 2 is 2.62 bits per heavy atom. The average Bonchev–Trinajstić information content (AvgIpc) is 2.94. The van der Waals surface area contributed by atoms with Crippen molar-refractivity contribution in [2.45, 2.75) is 18.9 Å². The molecule has 0 spiro atoms. The van der Waals surface area contributed by atoms with Crippen LogP contribution in [-0.2, 0) is 0 Å². The Labute approximate surface area is 93.1 Å². The number of amides is 1. The topological polar surface area (TPSA) is 80.0 Å². The Kier molecular flexibility index (Phi) is 3.31. The van der Waals surface area contributed by atoms with Crippen molar-refractivity contribution in [3.8, 4) is 0 Å². The zero-order valence-electron chi connectivity index (χ0n) is 8.90. The van der Waals surface area contributed by atoms with Gasteiger partial charge in [0.25, 0.3) is 11.7 Å². The van der Waals surface area contributed by atoms with Gasteiger partial charge in [-0.05, 0) is 19.4 Å². The highest BCUT2D eigenvalue weighted by Gasteiger charge is 2.23. The molecule has 2 N–H and O–H groups in total. The van der Waals surface area contributed by atoms with E-state index in [1.54, 1.807) is 6.08 Å². The van der Waals surface area contributed by atoms with Crippen LogP contribution in [0, 0.1) is 0 Å². The van der Waals surface area contributed by atoms with Gasteiger partial charge in [-0.1, -0.05) is 11.2 Å². The zero-order chi connectivity index (χ0) is 11.4. The molecule has 6 heteroatoms. The van der Waals surface area contributed by atoms with Gasteiger partial charge in [0.2, 0.25) is 5.89 Å². The molecule has 1 fully saturated rings. The van der Waals surface area contributed by atoms with Gasteiger partial charge in [-0.15, -0.1) is 6.58 Å². The van der Waals surface area contributed by atoms with Crippen molar-refractivity contribution in [3.05, 3.63) is 24.4 Å². The summed E-state index contributed by atoms with van der Waals surface area (Å²) in [5, 5.41) is 9.46. The number of nitrogens with zero attached hydrogens (tertiary/aromatic N) is 2. The molecule has 0 aromatic carbocycles. The Morgan fingerprint density at radius 3 is 3.31 bits per heavy atom. The van der Waals surface area contributed by atoms with Crippen LogP contribution in [0.5, 0.6) is 0 Å². The lowest BCUT2D eigenvalue weighted by atomic mass is 10.2. The first kappa shape index (κ1) is 10.8. The molecular weight excluding hydrogens is 208 g/mol. The summed E-state index contributed by atoms with van der Waals surface area (Å²) in [5.74, 6) is 0.222. The molecule has 0 radical (unpaired) electrons.